The molecule has 1 aromatic carbocycles. The van der Waals surface area contributed by atoms with Gasteiger partial charge in [-0.25, -0.2) is 4.79 Å². The minimum absolute atomic E-state index is 0.00896. The molecule has 2 aliphatic rings. The molecule has 2 aliphatic carbocycles. The number of aliphatic hydroxyl groups is 1. The third-order valence-electron chi connectivity index (χ3n) is 6.51. The van der Waals surface area contributed by atoms with E-state index in [1.54, 1.807) is 13.8 Å². The number of primary amides is 1. The SMILES string of the molecule is CC(C)(O)c1ccc(C(N)=O)c([S-](=O)=NC(=O)Nc2c3c(nc4c2CCC4(C)C)CCC3)c1. The maximum Gasteiger partial charge on any atom is 0.322 e. The van der Waals surface area contributed by atoms with Crippen molar-refractivity contribution in [2.75, 3.05) is 5.32 Å². The molecule has 3 amide bonds. The molecule has 4 N–H and O–H groups in total. The Morgan fingerprint density at radius 3 is 2.61 bits per heavy atom. The molecule has 0 saturated heterocycles. The van der Waals surface area contributed by atoms with E-state index in [0.717, 1.165) is 60.3 Å². The van der Waals surface area contributed by atoms with Gasteiger partial charge in [0.1, 0.15) is 0 Å². The van der Waals surface area contributed by atoms with E-state index < -0.39 is 28.1 Å². The smallest absolute Gasteiger partial charge is 0.322 e. The fourth-order valence-electron chi connectivity index (χ4n) is 4.64. The monoisotopic (exact) mass is 469 g/mol. The molecule has 0 unspecified atom stereocenters. The minimum atomic E-state index is -2.19. The molecule has 0 saturated carbocycles. The number of carbonyl (C=O) groups is 2. The largest absolute Gasteiger partial charge is 0.439 e. The van der Waals surface area contributed by atoms with Gasteiger partial charge in [0.15, 0.2) is 0 Å². The Balaban J connectivity index is 1.72. The van der Waals surface area contributed by atoms with Crippen LogP contribution in [0.15, 0.2) is 27.5 Å². The van der Waals surface area contributed by atoms with Crippen LogP contribution >= 0.6 is 0 Å². The molecule has 1 heterocycles. The number of amides is 3. The number of nitrogens with one attached hydrogen (secondary N) is 1. The summed E-state index contributed by atoms with van der Waals surface area (Å²) in [6.45, 7) is 7.43. The maximum atomic E-state index is 13.0. The highest BCUT2D eigenvalue weighted by molar-refractivity contribution is 7.75. The summed E-state index contributed by atoms with van der Waals surface area (Å²) >= 11 is 0. The maximum absolute atomic E-state index is 13.0. The summed E-state index contributed by atoms with van der Waals surface area (Å²) in [6, 6.07) is 3.56. The fraction of sp³-hybridized carbons (Fsp3) is 0.458. The first-order valence-corrected chi connectivity index (χ1v) is 12.2. The number of nitrogens with two attached hydrogens (primary N) is 1. The van der Waals surface area contributed by atoms with Gasteiger partial charge in [0.25, 0.3) is 0 Å². The van der Waals surface area contributed by atoms with Crippen LogP contribution in [0.3, 0.4) is 0 Å². The van der Waals surface area contributed by atoms with Gasteiger partial charge in [-0.2, -0.15) is 10.6 Å². The van der Waals surface area contributed by atoms with Crippen molar-refractivity contribution in [3.05, 3.63) is 51.8 Å². The summed E-state index contributed by atoms with van der Waals surface area (Å²) in [6.07, 6.45) is 4.42. The Morgan fingerprint density at radius 1 is 1.21 bits per heavy atom. The molecule has 0 aliphatic heterocycles. The van der Waals surface area contributed by atoms with E-state index in [1.165, 1.54) is 18.2 Å². The van der Waals surface area contributed by atoms with Gasteiger partial charge in [0.05, 0.1) is 17.0 Å². The van der Waals surface area contributed by atoms with Crippen LogP contribution in [0.25, 0.3) is 0 Å². The number of hydrogen-bond donors (Lipinski definition) is 3. The number of carbonyl (C=O) groups excluding carboxylic acids is 2. The molecule has 0 bridgehead atoms. The number of benzene rings is 1. The topological polar surface area (TPSA) is 135 Å². The number of nitrogens with zero attached hydrogens (tertiary/aromatic N) is 2. The number of pyridine rings is 1. The lowest BCUT2D eigenvalue weighted by molar-refractivity contribution is 0.0782. The average Bonchev–Trinajstić information content (AvgIpc) is 3.31. The van der Waals surface area contributed by atoms with Crippen LogP contribution in [0, 0.1) is 0 Å². The lowest BCUT2D eigenvalue weighted by Gasteiger charge is -2.21. The molecule has 0 fully saturated rings. The Morgan fingerprint density at radius 2 is 1.94 bits per heavy atom. The molecule has 0 radical (unpaired) electrons. The lowest BCUT2D eigenvalue weighted by atomic mass is 9.90. The van der Waals surface area contributed by atoms with Crippen LogP contribution in [0.4, 0.5) is 10.5 Å². The standard InChI is InChI=1S/C24H29N4O4S/c1-23(2)11-10-16-19(14-6-5-7-17(14)26-20(16)23)27-22(30)28-33(32)18-12-13(24(3,4)31)8-9-15(18)21(25)29/h8-9,12,31H,5-7,10-11H2,1-4H3,(H2,25,29)(H,26,27,30)/q-1. The molecule has 8 nitrogen and oxygen atoms in total. The van der Waals surface area contributed by atoms with E-state index >= 15 is 0 Å². The van der Waals surface area contributed by atoms with Gasteiger partial charge in [-0.15, -0.1) is 0 Å². The second-order valence-corrected chi connectivity index (χ2v) is 11.0. The third-order valence-corrected chi connectivity index (χ3v) is 7.55. The van der Waals surface area contributed by atoms with Crippen molar-refractivity contribution in [2.24, 2.45) is 10.1 Å². The highest BCUT2D eigenvalue weighted by Gasteiger charge is 2.36. The Hall–Kier alpha value is -2.78. The fourth-order valence-corrected chi connectivity index (χ4v) is 5.52. The predicted molar refractivity (Wildman–Crippen MR) is 126 cm³/mol. The van der Waals surface area contributed by atoms with E-state index in [1.807, 2.05) is 0 Å². The normalized spacial score (nSPS) is 17.5. The first kappa shape index (κ1) is 23.4. The van der Waals surface area contributed by atoms with Crippen LogP contribution in [0.1, 0.15) is 79.0 Å². The number of urea groups is 1. The zero-order chi connectivity index (χ0) is 24.1. The molecule has 33 heavy (non-hydrogen) atoms. The first-order valence-electron chi connectivity index (χ1n) is 11.0. The number of fused-ring (bicyclic) bond motifs is 2. The van der Waals surface area contributed by atoms with E-state index in [4.69, 9.17) is 10.7 Å². The molecular formula is C24H29N4O4S-. The lowest BCUT2D eigenvalue weighted by Crippen LogP contribution is -2.19. The van der Waals surface area contributed by atoms with Gasteiger partial charge >= 0.3 is 6.03 Å². The number of aryl methyl sites for hydroxylation is 1. The average molecular weight is 470 g/mol. The van der Waals surface area contributed by atoms with Crippen molar-refractivity contribution < 1.29 is 18.9 Å². The summed E-state index contributed by atoms with van der Waals surface area (Å²) in [5.74, 6) is -0.789. The summed E-state index contributed by atoms with van der Waals surface area (Å²) in [4.78, 5) is 29.6. The van der Waals surface area contributed by atoms with Crippen molar-refractivity contribution >= 4 is 28.2 Å². The van der Waals surface area contributed by atoms with Crippen molar-refractivity contribution in [1.29, 1.82) is 0 Å². The zero-order valence-electron chi connectivity index (χ0n) is 19.3. The van der Waals surface area contributed by atoms with Gasteiger partial charge in [-0.05, 0) is 62.6 Å². The predicted octanol–water partition coefficient (Wildman–Crippen LogP) is 3.86. The van der Waals surface area contributed by atoms with Gasteiger partial charge in [0, 0.05) is 16.7 Å². The molecule has 1 aromatic heterocycles. The number of aromatic nitrogens is 1. The third kappa shape index (κ3) is 4.39. The minimum Gasteiger partial charge on any atom is -0.439 e. The van der Waals surface area contributed by atoms with E-state index in [0.29, 0.717) is 5.56 Å². The summed E-state index contributed by atoms with van der Waals surface area (Å²) < 4.78 is 16.8. The molecule has 0 atom stereocenters. The van der Waals surface area contributed by atoms with E-state index in [9.17, 15) is 18.9 Å². The van der Waals surface area contributed by atoms with E-state index in [2.05, 4.69) is 23.5 Å². The van der Waals surface area contributed by atoms with Crippen molar-refractivity contribution in [3.63, 3.8) is 0 Å². The van der Waals surface area contributed by atoms with Crippen LogP contribution < -0.4 is 11.1 Å². The summed E-state index contributed by atoms with van der Waals surface area (Å²) in [7, 11) is -2.19. The molecule has 9 heteroatoms. The summed E-state index contributed by atoms with van der Waals surface area (Å²) in [5, 5.41) is 13.2. The Labute approximate surface area is 195 Å². The molecule has 4 rings (SSSR count). The summed E-state index contributed by atoms with van der Waals surface area (Å²) in [5.41, 5.74) is 9.36. The van der Waals surface area contributed by atoms with Crippen LogP contribution in [-0.2, 0) is 45.1 Å². The molecular weight excluding hydrogens is 440 g/mol. The highest BCUT2D eigenvalue weighted by Crippen LogP contribution is 2.44. The Kier molecular flexibility index (Phi) is 5.82. The molecule has 176 valence electrons. The number of anilines is 1. The Bertz CT molecular complexity index is 1250. The molecule has 0 spiro atoms. The number of hydrogen-bond acceptors (Lipinski definition) is 6. The second kappa shape index (κ2) is 8.22. The van der Waals surface area contributed by atoms with Crippen LogP contribution in [0.2, 0.25) is 0 Å². The van der Waals surface area contributed by atoms with Gasteiger partial charge < -0.3 is 24.7 Å². The zero-order valence-corrected chi connectivity index (χ0v) is 20.1. The van der Waals surface area contributed by atoms with Crippen molar-refractivity contribution in [2.45, 2.75) is 75.7 Å². The highest BCUT2D eigenvalue weighted by atomic mass is 32.2. The first-order chi connectivity index (χ1) is 15.4. The van der Waals surface area contributed by atoms with Gasteiger partial charge in [-0.3, -0.25) is 9.78 Å². The van der Waals surface area contributed by atoms with E-state index in [-0.39, 0.29) is 15.9 Å². The van der Waals surface area contributed by atoms with Crippen LogP contribution in [-0.4, -0.2) is 22.0 Å². The second-order valence-electron chi connectivity index (χ2n) is 9.88. The quantitative estimate of drug-likeness (QED) is 0.585. The van der Waals surface area contributed by atoms with Crippen molar-refractivity contribution in [1.82, 2.24) is 4.98 Å². The van der Waals surface area contributed by atoms with Gasteiger partial charge in [0.2, 0.25) is 5.91 Å². The molecule has 2 aromatic rings. The van der Waals surface area contributed by atoms with Crippen LogP contribution in [0.5, 0.6) is 0 Å². The van der Waals surface area contributed by atoms with Crippen molar-refractivity contribution in [3.8, 4) is 0 Å². The number of rotatable bonds is 4. The van der Waals surface area contributed by atoms with Gasteiger partial charge in [-0.1, -0.05) is 36.9 Å².